The van der Waals surface area contributed by atoms with Gasteiger partial charge in [0, 0.05) is 6.92 Å². The van der Waals surface area contributed by atoms with Crippen LogP contribution in [0, 0.1) is 6.92 Å². The summed E-state index contributed by atoms with van der Waals surface area (Å²) >= 11 is -0.818. The van der Waals surface area contributed by atoms with Crippen molar-refractivity contribution in [1.29, 1.82) is 0 Å². The summed E-state index contributed by atoms with van der Waals surface area (Å²) in [7, 11) is 0. The third-order valence-corrected chi connectivity index (χ3v) is 5.14. The van der Waals surface area contributed by atoms with Crippen molar-refractivity contribution in [2.24, 2.45) is 5.10 Å². The second-order valence-corrected chi connectivity index (χ2v) is 7.55. The molecule has 1 unspecified atom stereocenters. The predicted molar refractivity (Wildman–Crippen MR) is 58.0 cm³/mol. The molecule has 0 aromatic carbocycles. The summed E-state index contributed by atoms with van der Waals surface area (Å²) in [6, 6.07) is 0. The van der Waals surface area contributed by atoms with Crippen LogP contribution >= 0.6 is 0 Å². The number of ether oxygens (including phenoxy) is 1. The zero-order valence-corrected chi connectivity index (χ0v) is 13.4. The topological polar surface area (TPSA) is 81.8 Å². The third kappa shape index (κ3) is 3.48. The Morgan fingerprint density at radius 3 is 3.00 bits per heavy atom. The second-order valence-electron chi connectivity index (χ2n) is 3.10. The fraction of sp³-hybridized carbons (Fsp3) is 0.400. The van der Waals surface area contributed by atoms with E-state index in [0.717, 1.165) is 21.0 Å². The Balaban J connectivity index is 1.67. The van der Waals surface area contributed by atoms with Crippen LogP contribution in [0.25, 0.3) is 0 Å². The van der Waals surface area contributed by atoms with E-state index in [2.05, 4.69) is 20.7 Å². The fourth-order valence-electron chi connectivity index (χ4n) is 1.14. The van der Waals surface area contributed by atoms with Crippen LogP contribution in [0.1, 0.15) is 5.89 Å². The molecular weight excluding hydrogens is 245 g/mol. The molecule has 1 aromatic heterocycles. The molecule has 10 heteroatoms. The van der Waals surface area contributed by atoms with Gasteiger partial charge in [-0.05, 0) is 0 Å². The van der Waals surface area contributed by atoms with E-state index < -0.39 is 31.1 Å². The minimum Gasteiger partial charge on any atom is -0.632 e. The van der Waals surface area contributed by atoms with Crippen molar-refractivity contribution in [2.75, 3.05) is 0 Å². The Bertz CT molecular complexity index is 370. The van der Waals surface area contributed by atoms with Crippen molar-refractivity contribution in [2.45, 2.75) is 12.0 Å². The highest BCUT2D eigenvalue weighted by Gasteiger charge is 2.20. The summed E-state index contributed by atoms with van der Waals surface area (Å²) in [5.41, 5.74) is 2.89. The zero-order valence-electron chi connectivity index (χ0n) is 8.56. The molecule has 1 aliphatic rings. The van der Waals surface area contributed by atoms with Gasteiger partial charge in [0.25, 0.3) is 0 Å². The molecule has 0 saturated carbocycles. The van der Waals surface area contributed by atoms with Crippen LogP contribution in [0.5, 0.6) is 0 Å². The number of hydrogen-bond donors (Lipinski definition) is 1. The van der Waals surface area contributed by atoms with Gasteiger partial charge in [0.2, 0.25) is 5.89 Å². The lowest BCUT2D eigenvalue weighted by molar-refractivity contribution is 0.259. The van der Waals surface area contributed by atoms with Crippen LogP contribution < -0.4 is 10.2 Å². The van der Waals surface area contributed by atoms with E-state index in [0.29, 0.717) is 10.6 Å². The van der Waals surface area contributed by atoms with Gasteiger partial charge in [-0.15, -0.1) is 10.2 Å². The van der Waals surface area contributed by atoms with E-state index in [-0.39, 0.29) is 5.09 Å². The molecule has 2 rings (SSSR count). The maximum atomic E-state index is 5.60. The Morgan fingerprint density at radius 2 is 2.40 bits per heavy atom. The molecule has 0 spiro atoms. The highest BCUT2D eigenvalue weighted by atomic mass is 27.2. The minimum atomic E-state index is -0.879. The predicted octanol–water partition coefficient (Wildman–Crippen LogP) is -3.47. The highest BCUT2D eigenvalue weighted by Crippen LogP contribution is 1.94. The smallest absolute Gasteiger partial charge is 0.533 e. The fourth-order valence-corrected chi connectivity index (χ4v) is 4.79. The number of nitrogens with one attached hydrogen (secondary N) is 1. The van der Waals surface area contributed by atoms with Crippen LogP contribution in [0.2, 0.25) is 0 Å². The molecule has 7 nitrogen and oxygen atoms in total. The van der Waals surface area contributed by atoms with Crippen molar-refractivity contribution in [3.8, 4) is 0 Å². The van der Waals surface area contributed by atoms with Gasteiger partial charge >= 0.3 is 47.4 Å². The first-order chi connectivity index (χ1) is 7.24. The maximum absolute atomic E-state index is 5.60. The largest absolute Gasteiger partial charge is 0.632 e. The molecular formula is C5H9Al3N4O3. The van der Waals surface area contributed by atoms with Crippen LogP contribution in [-0.4, -0.2) is 67.4 Å². The summed E-state index contributed by atoms with van der Waals surface area (Å²) < 4.78 is 17.7. The molecule has 76 valence electrons. The monoisotopic (exact) mass is 254 g/mol. The van der Waals surface area contributed by atoms with Crippen LogP contribution in [0.15, 0.2) is 9.52 Å². The SMILES string of the molecule is Cc1nn[c]([AlH][O][AlH][CH]2NN=[C]([AlH2])O2)o1. The molecule has 0 saturated heterocycles. The summed E-state index contributed by atoms with van der Waals surface area (Å²) in [5, 5.41) is 11.6. The van der Waals surface area contributed by atoms with Gasteiger partial charge in [-0.25, -0.2) is 0 Å². The average molecular weight is 254 g/mol. The van der Waals surface area contributed by atoms with Crippen LogP contribution in [0.3, 0.4) is 0 Å². The molecule has 0 fully saturated rings. The number of rotatable bonds is 4. The van der Waals surface area contributed by atoms with Gasteiger partial charge in [-0.1, -0.05) is 0 Å². The molecule has 1 atom stereocenters. The van der Waals surface area contributed by atoms with Gasteiger partial charge < -0.3 is 12.0 Å². The van der Waals surface area contributed by atoms with Gasteiger partial charge in [0.15, 0.2) is 4.75 Å². The van der Waals surface area contributed by atoms with E-state index in [4.69, 9.17) is 12.0 Å². The molecule has 1 aliphatic heterocycles. The average Bonchev–Trinajstić information content (AvgIpc) is 2.76. The third-order valence-electron chi connectivity index (χ3n) is 1.74. The van der Waals surface area contributed by atoms with Gasteiger partial charge in [-0.3, -0.25) is 5.43 Å². The quantitative estimate of drug-likeness (QED) is 0.562. The van der Waals surface area contributed by atoms with E-state index in [1.807, 2.05) is 0 Å². The molecule has 0 bridgehead atoms. The van der Waals surface area contributed by atoms with Gasteiger partial charge in [0.05, 0.1) is 0 Å². The van der Waals surface area contributed by atoms with Crippen molar-refractivity contribution < 1.29 is 12.0 Å². The van der Waals surface area contributed by atoms with Crippen LogP contribution in [-0.2, 0) is 7.58 Å². The highest BCUT2D eigenvalue weighted by molar-refractivity contribution is 6.58. The Kier molecular flexibility index (Phi) is 4.08. The van der Waals surface area contributed by atoms with E-state index in [1.165, 1.54) is 0 Å². The zero-order chi connectivity index (χ0) is 10.7. The van der Waals surface area contributed by atoms with Crippen molar-refractivity contribution >= 4 is 56.9 Å². The standard InChI is InChI=1S/C3H3N2O.C2H2N2O.3Al.O.4H/c1-3-5-4-2-6-3;1-3-4-2-5-1;;;;;;;;/h1H3;1,3H;;;;;;;;. The van der Waals surface area contributed by atoms with Crippen molar-refractivity contribution in [3.05, 3.63) is 5.89 Å². The van der Waals surface area contributed by atoms with E-state index in [9.17, 15) is 0 Å². The minimum absolute atomic E-state index is 0.0194. The molecule has 1 aromatic rings. The lowest BCUT2D eigenvalue weighted by Gasteiger charge is -2.08. The molecule has 2 heterocycles. The molecule has 15 heavy (non-hydrogen) atoms. The van der Waals surface area contributed by atoms with E-state index in [1.54, 1.807) is 6.92 Å². The number of aromatic nitrogens is 2. The second kappa shape index (κ2) is 5.34. The Hall–Kier alpha value is -0.0326. The Morgan fingerprint density at radius 1 is 1.53 bits per heavy atom. The number of nitrogens with zero attached hydrogens (tertiary/aromatic N) is 3. The first kappa shape index (κ1) is 11.5. The molecule has 1 N–H and O–H groups in total. The molecule has 0 aliphatic carbocycles. The lowest BCUT2D eigenvalue weighted by atomic mass is 10.8. The summed E-state index contributed by atoms with van der Waals surface area (Å²) in [5.74, 6) is 0.586. The summed E-state index contributed by atoms with van der Waals surface area (Å²) in [6.07, 6.45) is 0. The van der Waals surface area contributed by atoms with Gasteiger partial charge in [-0.2, -0.15) is 5.10 Å². The summed E-state index contributed by atoms with van der Waals surface area (Å²) in [4.78, 5) is 0. The van der Waals surface area contributed by atoms with Crippen molar-refractivity contribution in [3.63, 3.8) is 0 Å². The number of aryl methyl sites for hydroxylation is 1. The van der Waals surface area contributed by atoms with Gasteiger partial charge in [0.1, 0.15) is 9.85 Å². The normalized spacial score (nSPS) is 19.0. The molecule has 0 amide bonds. The van der Waals surface area contributed by atoms with E-state index >= 15 is 0 Å². The first-order valence-corrected chi connectivity index (χ1v) is 8.25. The lowest BCUT2D eigenvalue weighted by Crippen LogP contribution is -2.34. The number of hydrogen-bond acceptors (Lipinski definition) is 7. The first-order valence-electron chi connectivity index (χ1n) is 4.57. The Labute approximate surface area is 107 Å². The molecule has 0 radical (unpaired) electrons. The maximum Gasteiger partial charge on any atom is 0.533 e. The summed E-state index contributed by atoms with van der Waals surface area (Å²) in [6.45, 7) is 1.77. The number of hydrazone groups is 1. The van der Waals surface area contributed by atoms with Crippen molar-refractivity contribution in [1.82, 2.24) is 15.6 Å². The van der Waals surface area contributed by atoms with Crippen LogP contribution in [0.4, 0.5) is 0 Å².